The van der Waals surface area contributed by atoms with Crippen molar-refractivity contribution in [3.8, 4) is 0 Å². The summed E-state index contributed by atoms with van der Waals surface area (Å²) in [6.45, 7) is 9.33. The lowest BCUT2D eigenvalue weighted by Crippen LogP contribution is -2.46. The molecule has 15 heavy (non-hydrogen) atoms. The van der Waals surface area contributed by atoms with E-state index in [2.05, 4.69) is 37.4 Å². The van der Waals surface area contributed by atoms with E-state index in [0.29, 0.717) is 6.04 Å². The zero-order chi connectivity index (χ0) is 11.3. The molecule has 2 N–H and O–H groups in total. The molecule has 0 aromatic rings. The maximum absolute atomic E-state index is 6.05. The van der Waals surface area contributed by atoms with Gasteiger partial charge in [-0.1, -0.05) is 20.3 Å². The maximum Gasteiger partial charge on any atom is 0.0184 e. The topological polar surface area (TPSA) is 29.3 Å². The van der Waals surface area contributed by atoms with Gasteiger partial charge in [0.2, 0.25) is 0 Å². The molecule has 0 aliphatic carbocycles. The predicted molar refractivity (Wildman–Crippen MR) is 70.5 cm³/mol. The van der Waals surface area contributed by atoms with Crippen LogP contribution < -0.4 is 5.73 Å². The summed E-state index contributed by atoms with van der Waals surface area (Å²) in [6.07, 6.45) is 3.55. The minimum atomic E-state index is 0.409. The monoisotopic (exact) mass is 230 g/mol. The SMILES string of the molecule is CCCC(N)CCN1CCSC(C)C1C. The van der Waals surface area contributed by atoms with E-state index in [1.807, 2.05) is 0 Å². The van der Waals surface area contributed by atoms with Gasteiger partial charge in [0.1, 0.15) is 0 Å². The Hall–Kier alpha value is 0.270. The molecule has 0 amide bonds. The molecule has 90 valence electrons. The van der Waals surface area contributed by atoms with Crippen molar-refractivity contribution in [2.45, 2.75) is 57.4 Å². The van der Waals surface area contributed by atoms with Crippen LogP contribution in [0.4, 0.5) is 0 Å². The van der Waals surface area contributed by atoms with Crippen molar-refractivity contribution in [2.75, 3.05) is 18.8 Å². The van der Waals surface area contributed by atoms with Gasteiger partial charge >= 0.3 is 0 Å². The van der Waals surface area contributed by atoms with Crippen molar-refractivity contribution < 1.29 is 0 Å². The first-order valence-corrected chi connectivity index (χ1v) is 7.31. The van der Waals surface area contributed by atoms with Crippen molar-refractivity contribution in [1.29, 1.82) is 0 Å². The normalized spacial score (nSPS) is 30.4. The van der Waals surface area contributed by atoms with Gasteiger partial charge in [-0.15, -0.1) is 0 Å². The highest BCUT2D eigenvalue weighted by Gasteiger charge is 2.24. The van der Waals surface area contributed by atoms with E-state index >= 15 is 0 Å². The summed E-state index contributed by atoms with van der Waals surface area (Å²) in [5, 5.41) is 0.779. The Morgan fingerprint density at radius 2 is 2.13 bits per heavy atom. The van der Waals surface area contributed by atoms with Gasteiger partial charge in [0, 0.05) is 29.6 Å². The molecular formula is C12H26N2S. The molecule has 0 bridgehead atoms. The number of rotatable bonds is 5. The van der Waals surface area contributed by atoms with E-state index in [1.165, 1.54) is 31.7 Å². The first-order chi connectivity index (χ1) is 7.15. The molecule has 1 heterocycles. The van der Waals surface area contributed by atoms with E-state index in [-0.39, 0.29) is 0 Å². The van der Waals surface area contributed by atoms with Gasteiger partial charge in [-0.25, -0.2) is 0 Å². The summed E-state index contributed by atoms with van der Waals surface area (Å²) < 4.78 is 0. The summed E-state index contributed by atoms with van der Waals surface area (Å²) in [5.74, 6) is 1.29. The average Bonchev–Trinajstić information content (AvgIpc) is 2.21. The Labute approximate surface area is 99.0 Å². The fourth-order valence-electron chi connectivity index (χ4n) is 2.16. The fourth-order valence-corrected chi connectivity index (χ4v) is 3.32. The molecule has 2 nitrogen and oxygen atoms in total. The third-order valence-electron chi connectivity index (χ3n) is 3.46. The maximum atomic E-state index is 6.05. The van der Waals surface area contributed by atoms with Crippen molar-refractivity contribution in [1.82, 2.24) is 4.90 Å². The molecule has 0 spiro atoms. The lowest BCUT2D eigenvalue weighted by molar-refractivity contribution is 0.204. The standard InChI is InChI=1S/C12H26N2S/c1-4-5-12(13)6-7-14-8-9-15-11(3)10(14)2/h10-12H,4-9,13H2,1-3H3. The van der Waals surface area contributed by atoms with Crippen LogP contribution in [0.1, 0.15) is 40.0 Å². The minimum absolute atomic E-state index is 0.409. The molecule has 1 aliphatic heterocycles. The van der Waals surface area contributed by atoms with E-state index in [9.17, 15) is 0 Å². The second-order valence-electron chi connectivity index (χ2n) is 4.69. The number of nitrogens with zero attached hydrogens (tertiary/aromatic N) is 1. The van der Waals surface area contributed by atoms with Crippen LogP contribution in [-0.4, -0.2) is 41.1 Å². The van der Waals surface area contributed by atoms with E-state index in [0.717, 1.165) is 17.7 Å². The number of hydrogen-bond acceptors (Lipinski definition) is 3. The highest BCUT2D eigenvalue weighted by Crippen LogP contribution is 2.24. The fraction of sp³-hybridized carbons (Fsp3) is 1.00. The van der Waals surface area contributed by atoms with Crippen LogP contribution in [0, 0.1) is 0 Å². The average molecular weight is 230 g/mol. The summed E-state index contributed by atoms with van der Waals surface area (Å²) >= 11 is 2.10. The van der Waals surface area contributed by atoms with Gasteiger partial charge < -0.3 is 5.73 Å². The van der Waals surface area contributed by atoms with Crippen LogP contribution in [0.5, 0.6) is 0 Å². The molecule has 1 aliphatic rings. The predicted octanol–water partition coefficient (Wildman–Crippen LogP) is 2.33. The van der Waals surface area contributed by atoms with Gasteiger partial charge in [0.15, 0.2) is 0 Å². The second kappa shape index (κ2) is 6.77. The molecule has 3 unspecified atom stereocenters. The molecule has 0 aromatic heterocycles. The van der Waals surface area contributed by atoms with Crippen molar-refractivity contribution in [3.05, 3.63) is 0 Å². The van der Waals surface area contributed by atoms with E-state index in [4.69, 9.17) is 5.73 Å². The lowest BCUT2D eigenvalue weighted by atomic mass is 10.1. The minimum Gasteiger partial charge on any atom is -0.328 e. The highest BCUT2D eigenvalue weighted by atomic mass is 32.2. The molecule has 1 fully saturated rings. The molecule has 3 atom stereocenters. The first-order valence-electron chi connectivity index (χ1n) is 6.26. The Bertz CT molecular complexity index is 175. The number of thioether (sulfide) groups is 1. The highest BCUT2D eigenvalue weighted by molar-refractivity contribution is 8.00. The van der Waals surface area contributed by atoms with Crippen molar-refractivity contribution in [3.63, 3.8) is 0 Å². The van der Waals surface area contributed by atoms with Crippen LogP contribution >= 0.6 is 11.8 Å². The van der Waals surface area contributed by atoms with Crippen molar-refractivity contribution >= 4 is 11.8 Å². The summed E-state index contributed by atoms with van der Waals surface area (Å²) in [5.41, 5.74) is 6.05. The molecule has 3 heteroatoms. The van der Waals surface area contributed by atoms with E-state index < -0.39 is 0 Å². The Morgan fingerprint density at radius 3 is 2.80 bits per heavy atom. The van der Waals surface area contributed by atoms with Gasteiger partial charge in [-0.05, 0) is 26.3 Å². The van der Waals surface area contributed by atoms with Gasteiger partial charge in [-0.3, -0.25) is 4.90 Å². The largest absolute Gasteiger partial charge is 0.328 e. The zero-order valence-corrected chi connectivity index (χ0v) is 11.2. The van der Waals surface area contributed by atoms with Crippen molar-refractivity contribution in [2.24, 2.45) is 5.73 Å². The smallest absolute Gasteiger partial charge is 0.0184 e. The lowest BCUT2D eigenvalue weighted by Gasteiger charge is -2.37. The number of nitrogens with two attached hydrogens (primary N) is 1. The molecule has 1 saturated heterocycles. The second-order valence-corrected chi connectivity index (χ2v) is 6.18. The van der Waals surface area contributed by atoms with Crippen LogP contribution in [0.25, 0.3) is 0 Å². The van der Waals surface area contributed by atoms with Crippen LogP contribution in [0.15, 0.2) is 0 Å². The zero-order valence-electron chi connectivity index (χ0n) is 10.4. The molecular weight excluding hydrogens is 204 g/mol. The number of hydrogen-bond donors (Lipinski definition) is 1. The Balaban J connectivity index is 2.25. The van der Waals surface area contributed by atoms with Crippen LogP contribution in [-0.2, 0) is 0 Å². The van der Waals surface area contributed by atoms with Crippen LogP contribution in [0.3, 0.4) is 0 Å². The summed E-state index contributed by atoms with van der Waals surface area (Å²) in [6, 6.07) is 1.13. The third kappa shape index (κ3) is 4.33. The van der Waals surface area contributed by atoms with Gasteiger partial charge in [0.05, 0.1) is 0 Å². The third-order valence-corrected chi connectivity index (χ3v) is 4.80. The van der Waals surface area contributed by atoms with Gasteiger partial charge in [0.25, 0.3) is 0 Å². The molecule has 1 rings (SSSR count). The Morgan fingerprint density at radius 1 is 1.40 bits per heavy atom. The Kier molecular flexibility index (Phi) is 6.02. The van der Waals surface area contributed by atoms with Gasteiger partial charge in [-0.2, -0.15) is 11.8 Å². The summed E-state index contributed by atoms with van der Waals surface area (Å²) in [4.78, 5) is 2.61. The first kappa shape index (κ1) is 13.3. The molecule has 0 radical (unpaired) electrons. The quantitative estimate of drug-likeness (QED) is 0.786. The summed E-state index contributed by atoms with van der Waals surface area (Å²) in [7, 11) is 0. The van der Waals surface area contributed by atoms with Crippen LogP contribution in [0.2, 0.25) is 0 Å². The van der Waals surface area contributed by atoms with E-state index in [1.54, 1.807) is 0 Å². The molecule has 0 saturated carbocycles. The molecule has 0 aromatic carbocycles.